The second-order valence-corrected chi connectivity index (χ2v) is 8.82. The molecule has 0 fully saturated rings. The first-order chi connectivity index (χ1) is 17.7. The van der Waals surface area contributed by atoms with Crippen molar-refractivity contribution in [3.8, 4) is 5.75 Å². The maximum atomic E-state index is 13.4. The Morgan fingerprint density at radius 1 is 0.919 bits per heavy atom. The van der Waals surface area contributed by atoms with Crippen LogP contribution in [0, 0.1) is 0 Å². The number of nitrogens with one attached hydrogen (secondary N) is 4. The third-order valence-electron chi connectivity index (χ3n) is 5.69. The second-order valence-electron chi connectivity index (χ2n) is 8.46. The molecule has 0 spiro atoms. The van der Waals surface area contributed by atoms with Crippen LogP contribution in [-0.2, 0) is 32.0 Å². The van der Waals surface area contributed by atoms with Gasteiger partial charge in [-0.3, -0.25) is 19.2 Å². The van der Waals surface area contributed by atoms with Gasteiger partial charge in [-0.15, -0.1) is 0 Å². The van der Waals surface area contributed by atoms with E-state index in [0.29, 0.717) is 5.56 Å². The summed E-state index contributed by atoms with van der Waals surface area (Å²) in [5.41, 5.74) is 8.03. The number of rotatable bonds is 12. The van der Waals surface area contributed by atoms with Crippen LogP contribution in [0.4, 0.5) is 0 Å². The smallest absolute Gasteiger partial charge is 0.322 e. The summed E-state index contributed by atoms with van der Waals surface area (Å²) in [5, 5.41) is 26.9. The van der Waals surface area contributed by atoms with Gasteiger partial charge in [-0.25, -0.2) is 0 Å². The number of para-hydroxylation sites is 1. The van der Waals surface area contributed by atoms with Crippen molar-refractivity contribution >= 4 is 47.2 Å². The Bertz CT molecular complexity index is 1260. The number of aromatic amines is 1. The van der Waals surface area contributed by atoms with Crippen LogP contribution >= 0.6 is 12.6 Å². The van der Waals surface area contributed by atoms with Gasteiger partial charge in [-0.1, -0.05) is 30.3 Å². The predicted molar refractivity (Wildman–Crippen MR) is 140 cm³/mol. The zero-order valence-corrected chi connectivity index (χ0v) is 20.7. The van der Waals surface area contributed by atoms with Crippen LogP contribution in [0.5, 0.6) is 5.75 Å². The van der Waals surface area contributed by atoms with Crippen LogP contribution in [0.1, 0.15) is 11.1 Å². The van der Waals surface area contributed by atoms with Crippen molar-refractivity contribution in [1.29, 1.82) is 0 Å². The van der Waals surface area contributed by atoms with Gasteiger partial charge in [0.25, 0.3) is 0 Å². The summed E-state index contributed by atoms with van der Waals surface area (Å²) in [5.74, 6) is -3.10. The van der Waals surface area contributed by atoms with Gasteiger partial charge in [0, 0.05) is 35.7 Å². The number of thiol groups is 1. The molecule has 1 aromatic heterocycles. The number of aromatic nitrogens is 1. The summed E-state index contributed by atoms with van der Waals surface area (Å²) in [4.78, 5) is 52.8. The van der Waals surface area contributed by atoms with Crippen LogP contribution in [0.3, 0.4) is 0 Å². The van der Waals surface area contributed by atoms with Crippen molar-refractivity contribution in [1.82, 2.24) is 20.9 Å². The Balaban J connectivity index is 1.85. The number of carbonyl (C=O) groups excluding carboxylic acids is 3. The number of benzene rings is 2. The highest BCUT2D eigenvalue weighted by molar-refractivity contribution is 7.80. The average molecular weight is 528 g/mol. The Morgan fingerprint density at radius 2 is 1.57 bits per heavy atom. The number of aliphatic carboxylic acids is 1. The van der Waals surface area contributed by atoms with Crippen molar-refractivity contribution in [3.63, 3.8) is 0 Å². The summed E-state index contributed by atoms with van der Waals surface area (Å²) in [6.07, 6.45) is 1.86. The van der Waals surface area contributed by atoms with Gasteiger partial charge in [-0.2, -0.15) is 12.6 Å². The molecule has 1 heterocycles. The van der Waals surface area contributed by atoms with E-state index < -0.39 is 48.4 Å². The average Bonchev–Trinajstić information content (AvgIpc) is 3.29. The van der Waals surface area contributed by atoms with E-state index >= 15 is 0 Å². The van der Waals surface area contributed by atoms with Crippen LogP contribution in [0.15, 0.2) is 54.7 Å². The van der Waals surface area contributed by atoms with E-state index in [4.69, 9.17) is 10.8 Å². The molecule has 3 atom stereocenters. The quantitative estimate of drug-likeness (QED) is 0.153. The van der Waals surface area contributed by atoms with E-state index in [1.807, 2.05) is 24.3 Å². The lowest BCUT2D eigenvalue weighted by molar-refractivity contribution is -0.138. The lowest BCUT2D eigenvalue weighted by atomic mass is 10.0. The normalized spacial score (nSPS) is 13.4. The maximum Gasteiger partial charge on any atom is 0.322 e. The predicted octanol–water partition coefficient (Wildman–Crippen LogP) is 0.0862. The number of amides is 3. The number of carbonyl (C=O) groups is 4. The third-order valence-corrected chi connectivity index (χ3v) is 6.08. The molecule has 3 rings (SSSR count). The molecule has 0 aliphatic heterocycles. The number of aromatic hydroxyl groups is 1. The summed E-state index contributed by atoms with van der Waals surface area (Å²) in [6, 6.07) is 10.3. The summed E-state index contributed by atoms with van der Waals surface area (Å²) >= 11 is 4.04. The van der Waals surface area contributed by atoms with Gasteiger partial charge < -0.3 is 36.9 Å². The number of fused-ring (bicyclic) bond motifs is 1. The first-order valence-corrected chi connectivity index (χ1v) is 12.1. The van der Waals surface area contributed by atoms with Gasteiger partial charge in [-0.05, 0) is 29.3 Å². The maximum absolute atomic E-state index is 13.4. The number of carboxylic acids is 1. The summed E-state index contributed by atoms with van der Waals surface area (Å²) in [6.45, 7) is -0.632. The fraction of sp³-hybridized carbons (Fsp3) is 0.280. The lowest BCUT2D eigenvalue weighted by Crippen LogP contribution is -2.57. The van der Waals surface area contributed by atoms with Gasteiger partial charge in [0.1, 0.15) is 24.4 Å². The summed E-state index contributed by atoms with van der Waals surface area (Å²) in [7, 11) is 0. The first-order valence-electron chi connectivity index (χ1n) is 11.5. The Hall–Kier alpha value is -4.03. The SMILES string of the molecule is NC(CS)C(=O)NC(Cc1c[nH]c2ccccc12)C(=O)NC(Cc1ccc(O)cc1)C(=O)NCC(=O)O. The van der Waals surface area contributed by atoms with E-state index in [0.717, 1.165) is 16.5 Å². The molecule has 0 radical (unpaired) electrons. The fourth-order valence-electron chi connectivity index (χ4n) is 3.73. The topological polar surface area (TPSA) is 187 Å². The Morgan fingerprint density at radius 3 is 2.24 bits per heavy atom. The Labute approximate surface area is 218 Å². The van der Waals surface area contributed by atoms with Crippen molar-refractivity contribution in [2.24, 2.45) is 5.73 Å². The number of phenolic OH excluding ortho intramolecular Hbond substituents is 1. The summed E-state index contributed by atoms with van der Waals surface area (Å²) < 4.78 is 0. The van der Waals surface area contributed by atoms with Crippen LogP contribution < -0.4 is 21.7 Å². The van der Waals surface area contributed by atoms with Gasteiger partial charge >= 0.3 is 5.97 Å². The van der Waals surface area contributed by atoms with Gasteiger partial charge in [0.05, 0.1) is 6.04 Å². The number of nitrogens with two attached hydrogens (primary N) is 1. The number of hydrogen-bond donors (Lipinski definition) is 8. The molecule has 11 nitrogen and oxygen atoms in total. The van der Waals surface area contributed by atoms with Crippen molar-refractivity contribution in [3.05, 3.63) is 65.9 Å². The lowest BCUT2D eigenvalue weighted by Gasteiger charge is -2.24. The van der Waals surface area contributed by atoms with Crippen LogP contribution in [0.25, 0.3) is 10.9 Å². The monoisotopic (exact) mass is 527 g/mol. The molecule has 8 N–H and O–H groups in total. The second kappa shape index (κ2) is 12.8. The molecule has 2 aromatic carbocycles. The molecule has 12 heteroatoms. The molecule has 3 aromatic rings. The minimum atomic E-state index is -1.24. The molecule has 0 aliphatic carbocycles. The van der Waals surface area contributed by atoms with Crippen LogP contribution in [-0.4, -0.2) is 69.3 Å². The molecule has 0 saturated carbocycles. The van der Waals surface area contributed by atoms with Gasteiger partial charge in [0.2, 0.25) is 17.7 Å². The standard InChI is InChI=1S/C25H29N5O6S/c26-18(13-37)23(34)29-21(10-15-11-27-19-4-2-1-3-17(15)19)25(36)30-20(24(35)28-12-22(32)33)9-14-5-7-16(31)8-6-14/h1-8,11,18,20-21,27,31,37H,9-10,12-13,26H2,(H,28,35)(H,29,34)(H,30,36)(H,32,33). The molecule has 3 amide bonds. The molecule has 196 valence electrons. The van der Waals surface area contributed by atoms with Crippen molar-refractivity contribution in [2.45, 2.75) is 31.0 Å². The van der Waals surface area contributed by atoms with E-state index in [1.165, 1.54) is 12.1 Å². The zero-order valence-electron chi connectivity index (χ0n) is 19.8. The minimum Gasteiger partial charge on any atom is -0.508 e. The third kappa shape index (κ3) is 7.72. The molecular weight excluding hydrogens is 498 g/mol. The molecule has 0 bridgehead atoms. The highest BCUT2D eigenvalue weighted by atomic mass is 32.1. The molecule has 0 aliphatic rings. The van der Waals surface area contributed by atoms with E-state index in [2.05, 4.69) is 33.6 Å². The highest BCUT2D eigenvalue weighted by Crippen LogP contribution is 2.19. The van der Waals surface area contributed by atoms with Crippen molar-refractivity contribution in [2.75, 3.05) is 12.3 Å². The number of H-pyrrole nitrogens is 1. The van der Waals surface area contributed by atoms with Crippen LogP contribution in [0.2, 0.25) is 0 Å². The van der Waals surface area contributed by atoms with Gasteiger partial charge in [0.15, 0.2) is 0 Å². The molecular formula is C25H29N5O6S. The highest BCUT2D eigenvalue weighted by Gasteiger charge is 2.29. The number of phenols is 1. The van der Waals surface area contributed by atoms with E-state index in [9.17, 15) is 24.3 Å². The molecule has 3 unspecified atom stereocenters. The zero-order chi connectivity index (χ0) is 26.9. The number of hydrogen-bond acceptors (Lipinski definition) is 7. The number of carboxylic acid groups (broad SMARTS) is 1. The first kappa shape index (κ1) is 27.6. The Kier molecular flexibility index (Phi) is 9.52. The van der Waals surface area contributed by atoms with Crippen molar-refractivity contribution < 1.29 is 29.4 Å². The molecule has 0 saturated heterocycles. The van der Waals surface area contributed by atoms with E-state index in [-0.39, 0.29) is 24.3 Å². The fourth-order valence-corrected chi connectivity index (χ4v) is 3.89. The molecule has 37 heavy (non-hydrogen) atoms. The minimum absolute atomic E-state index is 0.0153. The van der Waals surface area contributed by atoms with E-state index in [1.54, 1.807) is 18.3 Å². The largest absolute Gasteiger partial charge is 0.508 e.